The Hall–Kier alpha value is -3.72. The molecule has 1 aliphatic heterocycles. The van der Waals surface area contributed by atoms with Crippen molar-refractivity contribution < 1.29 is 14.3 Å². The Morgan fingerprint density at radius 2 is 2.00 bits per heavy atom. The third kappa shape index (κ3) is 5.12. The Balaban J connectivity index is 1.43. The van der Waals surface area contributed by atoms with Gasteiger partial charge in [0.1, 0.15) is 17.2 Å². The van der Waals surface area contributed by atoms with Gasteiger partial charge in [0, 0.05) is 49.7 Å². The Labute approximate surface area is 186 Å². The van der Waals surface area contributed by atoms with Crippen molar-refractivity contribution in [1.82, 2.24) is 25.2 Å². The largest absolute Gasteiger partial charge is 0.457 e. The van der Waals surface area contributed by atoms with Crippen molar-refractivity contribution in [3.63, 3.8) is 0 Å². The van der Waals surface area contributed by atoms with Gasteiger partial charge in [-0.3, -0.25) is 9.78 Å². The molecule has 3 aromatic rings. The number of rotatable bonds is 7. The van der Waals surface area contributed by atoms with Gasteiger partial charge >= 0.3 is 0 Å². The number of hydrogen-bond donors (Lipinski definition) is 2. The number of aromatic nitrogens is 3. The van der Waals surface area contributed by atoms with E-state index in [1.165, 1.54) is 11.9 Å². The average molecular weight is 435 g/mol. The summed E-state index contributed by atoms with van der Waals surface area (Å²) in [5.74, 6) is 1.46. The fourth-order valence-corrected chi connectivity index (χ4v) is 3.44. The van der Waals surface area contributed by atoms with E-state index in [0.29, 0.717) is 29.7 Å². The van der Waals surface area contributed by atoms with Gasteiger partial charge < -0.3 is 25.0 Å². The van der Waals surface area contributed by atoms with Gasteiger partial charge in [0.25, 0.3) is 5.91 Å². The fraction of sp³-hybridized carbons (Fsp3) is 0.304. The zero-order valence-electron chi connectivity index (χ0n) is 18.2. The number of fused-ring (bicyclic) bond motifs is 1. The molecule has 1 fully saturated rings. The van der Waals surface area contributed by atoms with Crippen LogP contribution in [0.25, 0.3) is 10.9 Å². The molecule has 0 unspecified atom stereocenters. The first-order valence-electron chi connectivity index (χ1n) is 10.5. The molecule has 2 N–H and O–H groups in total. The van der Waals surface area contributed by atoms with E-state index in [1.807, 2.05) is 25.1 Å². The molecule has 0 bridgehead atoms. The lowest BCUT2D eigenvalue weighted by Gasteiger charge is -2.31. The zero-order chi connectivity index (χ0) is 22.3. The number of allylic oxidation sites excluding steroid dienone is 1. The van der Waals surface area contributed by atoms with Gasteiger partial charge in [0.15, 0.2) is 0 Å². The van der Waals surface area contributed by atoms with E-state index in [1.54, 1.807) is 25.4 Å². The highest BCUT2D eigenvalue weighted by Crippen LogP contribution is 2.25. The molecule has 1 aliphatic rings. The normalized spacial score (nSPS) is 14.3. The number of carbonyl (C=O) groups is 1. The smallest absolute Gasteiger partial charge is 0.269 e. The molecular formula is C23H26N6O3. The number of nitrogens with one attached hydrogen (secondary N) is 2. The van der Waals surface area contributed by atoms with Gasteiger partial charge in [-0.2, -0.15) is 0 Å². The average Bonchev–Trinajstić information content (AvgIpc) is 2.84. The molecule has 1 amide bonds. The molecular weight excluding hydrogens is 408 g/mol. The Kier molecular flexibility index (Phi) is 6.76. The number of ether oxygens (including phenoxy) is 2. The van der Waals surface area contributed by atoms with E-state index in [-0.39, 0.29) is 5.91 Å². The van der Waals surface area contributed by atoms with E-state index in [4.69, 9.17) is 9.47 Å². The molecule has 1 saturated heterocycles. The van der Waals surface area contributed by atoms with Crippen molar-refractivity contribution in [1.29, 1.82) is 0 Å². The van der Waals surface area contributed by atoms with Gasteiger partial charge in [-0.1, -0.05) is 6.08 Å². The number of nitrogens with zero attached hydrogens (tertiary/aromatic N) is 4. The minimum atomic E-state index is -0.267. The number of benzene rings is 1. The van der Waals surface area contributed by atoms with Crippen LogP contribution in [0.4, 0.5) is 5.95 Å². The lowest BCUT2D eigenvalue weighted by molar-refractivity contribution is 0.0533. The van der Waals surface area contributed by atoms with E-state index < -0.39 is 0 Å². The maximum atomic E-state index is 11.8. The second-order valence-corrected chi connectivity index (χ2v) is 7.21. The highest BCUT2D eigenvalue weighted by molar-refractivity contribution is 5.92. The maximum absolute atomic E-state index is 11.8. The molecule has 1 aromatic carbocycles. The van der Waals surface area contributed by atoms with Crippen LogP contribution >= 0.6 is 0 Å². The summed E-state index contributed by atoms with van der Waals surface area (Å²) in [6.45, 7) is 5.98. The van der Waals surface area contributed by atoms with Gasteiger partial charge in [-0.15, -0.1) is 0 Å². The molecule has 2 aromatic heterocycles. The predicted molar refractivity (Wildman–Crippen MR) is 122 cm³/mol. The van der Waals surface area contributed by atoms with Gasteiger partial charge in [0.05, 0.1) is 25.3 Å². The summed E-state index contributed by atoms with van der Waals surface area (Å²) in [7, 11) is 1.56. The number of pyridine rings is 1. The molecule has 0 spiro atoms. The Morgan fingerprint density at radius 3 is 2.78 bits per heavy atom. The van der Waals surface area contributed by atoms with E-state index in [2.05, 4.69) is 36.6 Å². The number of morpholine rings is 1. The summed E-state index contributed by atoms with van der Waals surface area (Å²) in [5, 5.41) is 6.72. The van der Waals surface area contributed by atoms with Crippen molar-refractivity contribution in [3.8, 4) is 11.5 Å². The predicted octanol–water partition coefficient (Wildman–Crippen LogP) is 2.82. The minimum absolute atomic E-state index is 0.267. The molecule has 3 heterocycles. The second-order valence-electron chi connectivity index (χ2n) is 7.21. The van der Waals surface area contributed by atoms with Crippen molar-refractivity contribution in [2.45, 2.75) is 6.92 Å². The van der Waals surface area contributed by atoms with Crippen molar-refractivity contribution >= 4 is 22.8 Å². The number of anilines is 1. The first kappa shape index (κ1) is 21.5. The van der Waals surface area contributed by atoms with E-state index in [0.717, 1.165) is 37.2 Å². The molecule has 32 heavy (non-hydrogen) atoms. The molecule has 0 radical (unpaired) electrons. The standard InChI is InChI=1S/C23H26N6O3/c1-3-17(29-8-10-31-11-9-29)15-27-23-26-14-16-12-18(4-5-20(16)28-23)32-19-6-7-25-21(13-19)22(30)24-2/h3-7,12-14H,8-11,15H2,1-2H3,(H,24,30)(H,26,27,28)/b17-3+. The van der Waals surface area contributed by atoms with Crippen LogP contribution in [-0.4, -0.2) is 65.7 Å². The Morgan fingerprint density at radius 1 is 1.19 bits per heavy atom. The molecule has 0 saturated carbocycles. The number of amides is 1. The number of hydrogen-bond acceptors (Lipinski definition) is 8. The van der Waals surface area contributed by atoms with Crippen LogP contribution in [0.5, 0.6) is 11.5 Å². The monoisotopic (exact) mass is 434 g/mol. The number of carbonyl (C=O) groups excluding carboxylic acids is 1. The fourth-order valence-electron chi connectivity index (χ4n) is 3.44. The maximum Gasteiger partial charge on any atom is 0.269 e. The lowest BCUT2D eigenvalue weighted by atomic mass is 10.2. The summed E-state index contributed by atoms with van der Waals surface area (Å²) < 4.78 is 11.3. The molecule has 0 aliphatic carbocycles. The van der Waals surface area contributed by atoms with Crippen molar-refractivity contribution in [3.05, 3.63) is 60.2 Å². The second kappa shape index (κ2) is 10.1. The van der Waals surface area contributed by atoms with Crippen LogP contribution < -0.4 is 15.4 Å². The highest BCUT2D eigenvalue weighted by Gasteiger charge is 2.13. The minimum Gasteiger partial charge on any atom is -0.457 e. The SMILES string of the molecule is C/C=C(\CNc1ncc2cc(Oc3ccnc(C(=O)NC)c3)ccc2n1)N1CCOCC1. The highest BCUT2D eigenvalue weighted by atomic mass is 16.5. The third-order valence-corrected chi connectivity index (χ3v) is 5.16. The summed E-state index contributed by atoms with van der Waals surface area (Å²) in [5.41, 5.74) is 2.31. The van der Waals surface area contributed by atoms with Gasteiger partial charge in [-0.25, -0.2) is 9.97 Å². The van der Waals surface area contributed by atoms with Crippen LogP contribution in [0.2, 0.25) is 0 Å². The van der Waals surface area contributed by atoms with Crippen LogP contribution in [0.3, 0.4) is 0 Å². The third-order valence-electron chi connectivity index (χ3n) is 5.16. The summed E-state index contributed by atoms with van der Waals surface area (Å²) >= 11 is 0. The molecule has 9 nitrogen and oxygen atoms in total. The quantitative estimate of drug-likeness (QED) is 0.585. The van der Waals surface area contributed by atoms with Crippen LogP contribution in [-0.2, 0) is 4.74 Å². The van der Waals surface area contributed by atoms with Crippen LogP contribution in [0, 0.1) is 0 Å². The molecule has 4 rings (SSSR count). The summed E-state index contributed by atoms with van der Waals surface area (Å²) in [6, 6.07) is 8.89. The van der Waals surface area contributed by atoms with Gasteiger partial charge in [0.2, 0.25) is 5.95 Å². The van der Waals surface area contributed by atoms with Crippen molar-refractivity contribution in [2.75, 3.05) is 45.2 Å². The first-order chi connectivity index (χ1) is 15.7. The van der Waals surface area contributed by atoms with Crippen molar-refractivity contribution in [2.24, 2.45) is 0 Å². The summed E-state index contributed by atoms with van der Waals surface area (Å²) in [4.78, 5) is 27.2. The molecule has 0 atom stereocenters. The Bertz CT molecular complexity index is 1130. The van der Waals surface area contributed by atoms with Crippen LogP contribution in [0.1, 0.15) is 17.4 Å². The molecule has 166 valence electrons. The van der Waals surface area contributed by atoms with Crippen LogP contribution in [0.15, 0.2) is 54.5 Å². The summed E-state index contributed by atoms with van der Waals surface area (Å²) in [6.07, 6.45) is 5.42. The topological polar surface area (TPSA) is 102 Å². The molecule has 9 heteroatoms. The van der Waals surface area contributed by atoms with E-state index in [9.17, 15) is 4.79 Å². The van der Waals surface area contributed by atoms with Gasteiger partial charge in [-0.05, 0) is 31.2 Å². The zero-order valence-corrected chi connectivity index (χ0v) is 18.2. The first-order valence-corrected chi connectivity index (χ1v) is 10.5. The van der Waals surface area contributed by atoms with E-state index >= 15 is 0 Å². The lowest BCUT2D eigenvalue weighted by Crippen LogP contribution is -2.37.